The Morgan fingerprint density at radius 2 is 1.63 bits per heavy atom. The molecule has 0 bridgehead atoms. The van der Waals surface area contributed by atoms with Crippen LogP contribution < -0.4 is 4.74 Å². The van der Waals surface area contributed by atoms with Gasteiger partial charge in [0.05, 0.1) is 21.7 Å². The fraction of sp³-hybridized carbons (Fsp3) is 0.355. The molecule has 41 heavy (non-hydrogen) atoms. The molecule has 0 aliphatic rings. The molecular weight excluding hydrogens is 548 g/mol. The van der Waals surface area contributed by atoms with Crippen LogP contribution in [0.1, 0.15) is 37.7 Å². The number of carbonyl (C=O) groups is 1. The zero-order valence-corrected chi connectivity index (χ0v) is 24.8. The zero-order valence-electron chi connectivity index (χ0n) is 23.9. The van der Waals surface area contributed by atoms with E-state index in [2.05, 4.69) is 0 Å². The molecule has 0 saturated heterocycles. The van der Waals surface area contributed by atoms with Crippen LogP contribution in [0.15, 0.2) is 65.6 Å². The average molecular weight is 584 g/mol. The van der Waals surface area contributed by atoms with Gasteiger partial charge in [-0.05, 0) is 75.5 Å². The molecule has 4 aromatic rings. The number of sulfone groups is 1. The molecule has 0 aliphatic heterocycles. The predicted octanol–water partition coefficient (Wildman–Crippen LogP) is 5.34. The molecule has 10 heteroatoms. The minimum absolute atomic E-state index is 0.0156. The van der Waals surface area contributed by atoms with Crippen LogP contribution in [0.3, 0.4) is 0 Å². The topological polar surface area (TPSA) is 81.5 Å². The highest BCUT2D eigenvalue weighted by atomic mass is 32.2. The van der Waals surface area contributed by atoms with Crippen molar-refractivity contribution in [2.45, 2.75) is 50.7 Å². The summed E-state index contributed by atoms with van der Waals surface area (Å²) < 4.78 is 60.0. The van der Waals surface area contributed by atoms with Crippen molar-refractivity contribution < 1.29 is 26.7 Å². The maximum atomic E-state index is 14.4. The van der Waals surface area contributed by atoms with Gasteiger partial charge >= 0.3 is 0 Å². The fourth-order valence-electron chi connectivity index (χ4n) is 4.65. The number of benzene rings is 3. The minimum Gasteiger partial charge on any atom is -0.477 e. The molecule has 0 radical (unpaired) electrons. The van der Waals surface area contributed by atoms with Gasteiger partial charge in [0.2, 0.25) is 0 Å². The Kier molecular flexibility index (Phi) is 8.94. The minimum atomic E-state index is -3.29. The number of Topliss-reactive ketones (excluding diaryl/α,β-unsaturated/α-hetero) is 1. The van der Waals surface area contributed by atoms with Gasteiger partial charge in [0.15, 0.2) is 32.8 Å². The molecule has 0 fully saturated rings. The summed E-state index contributed by atoms with van der Waals surface area (Å²) in [5.74, 6) is -0.978. The van der Waals surface area contributed by atoms with E-state index in [1.165, 1.54) is 18.2 Å². The van der Waals surface area contributed by atoms with Crippen LogP contribution in [0.4, 0.5) is 8.78 Å². The Labute approximate surface area is 239 Å². The molecule has 0 spiro atoms. The Bertz CT molecular complexity index is 1660. The summed E-state index contributed by atoms with van der Waals surface area (Å²) in [6.45, 7) is 6.48. The number of nitrogens with zero attached hydrogens (tertiary/aromatic N) is 3. The summed E-state index contributed by atoms with van der Waals surface area (Å²) in [4.78, 5) is 20.0. The molecule has 218 valence electrons. The van der Waals surface area contributed by atoms with Crippen LogP contribution in [-0.4, -0.2) is 55.0 Å². The number of aromatic nitrogens is 2. The second kappa shape index (κ2) is 12.1. The lowest BCUT2D eigenvalue weighted by Crippen LogP contribution is -2.31. The van der Waals surface area contributed by atoms with E-state index in [1.54, 1.807) is 32.9 Å². The molecule has 1 heterocycles. The summed E-state index contributed by atoms with van der Waals surface area (Å²) >= 11 is 0. The van der Waals surface area contributed by atoms with Crippen LogP contribution in [-0.2, 0) is 39.6 Å². The first kappa shape index (κ1) is 30.3. The number of ketones is 1. The van der Waals surface area contributed by atoms with E-state index >= 15 is 0 Å². The molecule has 0 atom stereocenters. The van der Waals surface area contributed by atoms with Gasteiger partial charge in [-0.15, -0.1) is 0 Å². The Morgan fingerprint density at radius 1 is 0.976 bits per heavy atom. The molecule has 0 amide bonds. The Hall–Kier alpha value is -3.63. The van der Waals surface area contributed by atoms with Crippen molar-refractivity contribution in [3.63, 3.8) is 0 Å². The molecule has 0 N–H and O–H groups in total. The van der Waals surface area contributed by atoms with Gasteiger partial charge < -0.3 is 14.2 Å². The summed E-state index contributed by atoms with van der Waals surface area (Å²) in [6.07, 6.45) is 0.364. The number of ether oxygens (including phenoxy) is 1. The highest BCUT2D eigenvalue weighted by Gasteiger charge is 2.31. The Morgan fingerprint density at radius 3 is 2.27 bits per heavy atom. The van der Waals surface area contributed by atoms with Crippen LogP contribution in [0.2, 0.25) is 0 Å². The highest BCUT2D eigenvalue weighted by Crippen LogP contribution is 2.32. The third kappa shape index (κ3) is 7.18. The molecule has 0 aliphatic carbocycles. The van der Waals surface area contributed by atoms with E-state index in [-0.39, 0.29) is 35.0 Å². The van der Waals surface area contributed by atoms with Gasteiger partial charge in [-0.1, -0.05) is 25.1 Å². The van der Waals surface area contributed by atoms with Crippen molar-refractivity contribution in [1.82, 2.24) is 14.5 Å². The number of imidazole rings is 1. The number of hydrogen-bond acceptors (Lipinski definition) is 6. The van der Waals surface area contributed by atoms with Gasteiger partial charge in [-0.2, -0.15) is 0 Å². The fourth-order valence-corrected chi connectivity index (χ4v) is 5.53. The number of carbonyl (C=O) groups excluding carboxylic acids is 1. The summed E-state index contributed by atoms with van der Waals surface area (Å²) in [7, 11) is 0.638. The lowest BCUT2D eigenvalue weighted by Gasteiger charge is -2.27. The summed E-state index contributed by atoms with van der Waals surface area (Å²) in [6, 6.07) is 15.3. The number of rotatable bonds is 12. The molecule has 0 unspecified atom stereocenters. The van der Waals surface area contributed by atoms with Crippen LogP contribution in [0.5, 0.6) is 5.75 Å². The first-order chi connectivity index (χ1) is 19.3. The molecule has 3 aromatic carbocycles. The van der Waals surface area contributed by atoms with E-state index in [0.29, 0.717) is 17.9 Å². The number of hydrogen-bond donors (Lipinski definition) is 0. The standard InChI is InChI=1S/C31H35F2N3O4S/c1-6-41(38,39)25-11-7-21(8-12-25)17-24(37)18-22-9-13-28-27(19-22)34-30(36(28)16-15-35(4)5)31(2,3)40-29-14-10-23(32)20-26(29)33/h7-14,19-20H,6,15-18H2,1-5H3. The number of likely N-dealkylation sites (N-methyl/N-ethyl adjacent to an activating group) is 1. The van der Waals surface area contributed by atoms with E-state index in [0.717, 1.165) is 35.3 Å². The van der Waals surface area contributed by atoms with Crippen molar-refractivity contribution in [2.24, 2.45) is 0 Å². The average Bonchev–Trinajstić information content (AvgIpc) is 3.28. The van der Waals surface area contributed by atoms with Crippen LogP contribution in [0, 0.1) is 11.6 Å². The van der Waals surface area contributed by atoms with E-state index in [9.17, 15) is 22.0 Å². The summed E-state index contributed by atoms with van der Waals surface area (Å²) in [5, 5.41) is 0. The first-order valence-corrected chi connectivity index (χ1v) is 15.1. The number of halogens is 2. The maximum Gasteiger partial charge on any atom is 0.178 e. The third-order valence-corrected chi connectivity index (χ3v) is 8.60. The molecule has 7 nitrogen and oxygen atoms in total. The smallest absolute Gasteiger partial charge is 0.178 e. The zero-order chi connectivity index (χ0) is 29.9. The quantitative estimate of drug-likeness (QED) is 0.224. The molecule has 4 rings (SSSR count). The van der Waals surface area contributed by atoms with Crippen molar-refractivity contribution in [3.05, 3.63) is 89.2 Å². The lowest BCUT2D eigenvalue weighted by atomic mass is 10.0. The highest BCUT2D eigenvalue weighted by molar-refractivity contribution is 7.91. The van der Waals surface area contributed by atoms with Crippen LogP contribution >= 0.6 is 0 Å². The van der Waals surface area contributed by atoms with Crippen molar-refractivity contribution in [2.75, 3.05) is 26.4 Å². The monoisotopic (exact) mass is 583 g/mol. The largest absolute Gasteiger partial charge is 0.477 e. The van der Waals surface area contributed by atoms with Gasteiger partial charge in [0, 0.05) is 32.0 Å². The summed E-state index contributed by atoms with van der Waals surface area (Å²) in [5.41, 5.74) is 2.00. The predicted molar refractivity (Wildman–Crippen MR) is 155 cm³/mol. The van der Waals surface area contributed by atoms with E-state index < -0.39 is 27.1 Å². The van der Waals surface area contributed by atoms with Crippen molar-refractivity contribution in [3.8, 4) is 5.75 Å². The van der Waals surface area contributed by atoms with Gasteiger partial charge in [-0.3, -0.25) is 4.79 Å². The molecular formula is C31H35F2N3O4S. The van der Waals surface area contributed by atoms with Crippen molar-refractivity contribution >= 4 is 26.7 Å². The normalized spacial score (nSPS) is 12.3. The second-order valence-electron chi connectivity index (χ2n) is 10.8. The molecule has 1 aromatic heterocycles. The number of fused-ring (bicyclic) bond motifs is 1. The van der Waals surface area contributed by atoms with Gasteiger partial charge in [-0.25, -0.2) is 22.2 Å². The van der Waals surface area contributed by atoms with E-state index in [1.807, 2.05) is 41.8 Å². The SMILES string of the molecule is CCS(=O)(=O)c1ccc(CC(=O)Cc2ccc3c(c2)nc(C(C)(C)Oc2ccc(F)cc2F)n3CCN(C)C)cc1. The van der Waals surface area contributed by atoms with Gasteiger partial charge in [0.25, 0.3) is 0 Å². The van der Waals surface area contributed by atoms with Crippen LogP contribution in [0.25, 0.3) is 11.0 Å². The first-order valence-electron chi connectivity index (χ1n) is 13.4. The maximum absolute atomic E-state index is 14.4. The molecule has 0 saturated carbocycles. The van der Waals surface area contributed by atoms with Gasteiger partial charge in [0.1, 0.15) is 11.6 Å². The Balaban J connectivity index is 1.59. The van der Waals surface area contributed by atoms with E-state index in [4.69, 9.17) is 9.72 Å². The van der Waals surface area contributed by atoms with Crippen molar-refractivity contribution in [1.29, 1.82) is 0 Å². The second-order valence-corrected chi connectivity index (χ2v) is 13.1. The third-order valence-electron chi connectivity index (χ3n) is 6.85. The lowest BCUT2D eigenvalue weighted by molar-refractivity contribution is -0.117.